The van der Waals surface area contributed by atoms with Crippen molar-refractivity contribution in [3.8, 4) is 0 Å². The van der Waals surface area contributed by atoms with Crippen molar-refractivity contribution in [1.29, 1.82) is 0 Å². The van der Waals surface area contributed by atoms with E-state index < -0.39 is 6.04 Å². The molecule has 0 aliphatic heterocycles. The van der Waals surface area contributed by atoms with Crippen LogP contribution in [0.1, 0.15) is 39.5 Å². The first-order chi connectivity index (χ1) is 12.0. The Morgan fingerprint density at radius 1 is 1.04 bits per heavy atom. The Labute approximate surface area is 153 Å². The maximum absolute atomic E-state index is 11.7. The molecule has 0 spiro atoms. The number of hydrogen-bond acceptors (Lipinski definition) is 5. The molecular formula is C16H27ClN4O4. The van der Waals surface area contributed by atoms with Crippen molar-refractivity contribution in [2.75, 3.05) is 25.5 Å². The number of nitrogens with zero attached hydrogens (tertiary/aromatic N) is 1. The van der Waals surface area contributed by atoms with Crippen LogP contribution in [0.15, 0.2) is 4.99 Å². The summed E-state index contributed by atoms with van der Waals surface area (Å²) in [6.45, 7) is 4.40. The van der Waals surface area contributed by atoms with Crippen molar-refractivity contribution in [3.63, 3.8) is 0 Å². The molecule has 9 heteroatoms. The molecule has 0 aromatic heterocycles. The van der Waals surface area contributed by atoms with E-state index in [4.69, 9.17) is 11.6 Å². The SMILES string of the molecule is CCC(=O)NCCCC(NC(=O)CC)C(C=O)=NCCNC(=O)CCl. The van der Waals surface area contributed by atoms with Crippen molar-refractivity contribution >= 4 is 41.3 Å². The van der Waals surface area contributed by atoms with Gasteiger partial charge in [-0.05, 0) is 12.8 Å². The Kier molecular flexibility index (Phi) is 13.3. The average Bonchev–Trinajstić information content (AvgIpc) is 2.63. The van der Waals surface area contributed by atoms with Crippen LogP contribution in [0.5, 0.6) is 0 Å². The summed E-state index contributed by atoms with van der Waals surface area (Å²) in [6.07, 6.45) is 2.37. The van der Waals surface area contributed by atoms with Gasteiger partial charge in [-0.2, -0.15) is 0 Å². The Balaban J connectivity index is 4.65. The third-order valence-corrected chi connectivity index (χ3v) is 3.54. The summed E-state index contributed by atoms with van der Waals surface area (Å²) in [4.78, 5) is 49.4. The lowest BCUT2D eigenvalue weighted by atomic mass is 10.1. The van der Waals surface area contributed by atoms with Crippen LogP contribution in [0.4, 0.5) is 0 Å². The summed E-state index contributed by atoms with van der Waals surface area (Å²) >= 11 is 5.37. The summed E-state index contributed by atoms with van der Waals surface area (Å²) in [7, 11) is 0. The molecular weight excluding hydrogens is 348 g/mol. The van der Waals surface area contributed by atoms with Crippen LogP contribution in [0.2, 0.25) is 0 Å². The summed E-state index contributed by atoms with van der Waals surface area (Å²) in [5.74, 6) is -0.684. The standard InChI is InChI=1S/C16H27ClN4O4/c1-3-14(23)19-7-5-6-12(21-15(24)4-2)13(11-22)18-8-9-20-16(25)10-17/h11-12H,3-10H2,1-2H3,(H,19,23)(H,20,25)(H,21,24). The molecule has 0 rings (SSSR count). The zero-order valence-corrected chi connectivity index (χ0v) is 15.5. The summed E-state index contributed by atoms with van der Waals surface area (Å²) in [5, 5.41) is 8.05. The average molecular weight is 375 g/mol. The van der Waals surface area contributed by atoms with Crippen LogP contribution in [0, 0.1) is 0 Å². The van der Waals surface area contributed by atoms with E-state index in [1.807, 2.05) is 0 Å². The van der Waals surface area contributed by atoms with Gasteiger partial charge < -0.3 is 16.0 Å². The molecule has 25 heavy (non-hydrogen) atoms. The van der Waals surface area contributed by atoms with Crippen molar-refractivity contribution in [3.05, 3.63) is 0 Å². The van der Waals surface area contributed by atoms with Crippen LogP contribution >= 0.6 is 11.6 Å². The maximum atomic E-state index is 11.7. The predicted molar refractivity (Wildman–Crippen MR) is 96.9 cm³/mol. The van der Waals surface area contributed by atoms with Crippen LogP contribution in [0.25, 0.3) is 0 Å². The number of alkyl halides is 1. The molecule has 3 amide bonds. The largest absolute Gasteiger partial charge is 0.356 e. The van der Waals surface area contributed by atoms with Crippen LogP contribution < -0.4 is 16.0 Å². The third kappa shape index (κ3) is 11.3. The van der Waals surface area contributed by atoms with E-state index in [1.54, 1.807) is 13.8 Å². The van der Waals surface area contributed by atoms with E-state index in [0.717, 1.165) is 0 Å². The molecule has 0 aliphatic carbocycles. The Morgan fingerprint density at radius 2 is 1.68 bits per heavy atom. The molecule has 0 saturated heterocycles. The van der Waals surface area contributed by atoms with Gasteiger partial charge in [0, 0.05) is 25.9 Å². The van der Waals surface area contributed by atoms with Gasteiger partial charge in [-0.25, -0.2) is 0 Å². The van der Waals surface area contributed by atoms with E-state index in [0.29, 0.717) is 38.5 Å². The highest BCUT2D eigenvalue weighted by Gasteiger charge is 2.17. The molecule has 0 aromatic rings. The molecule has 3 N–H and O–H groups in total. The lowest BCUT2D eigenvalue weighted by molar-refractivity contribution is -0.122. The van der Waals surface area contributed by atoms with E-state index >= 15 is 0 Å². The van der Waals surface area contributed by atoms with Gasteiger partial charge in [0.1, 0.15) is 5.88 Å². The molecule has 0 fully saturated rings. The first-order valence-electron chi connectivity index (χ1n) is 8.36. The minimum absolute atomic E-state index is 0.0477. The maximum Gasteiger partial charge on any atom is 0.234 e. The van der Waals surface area contributed by atoms with E-state index in [-0.39, 0.29) is 42.4 Å². The lowest BCUT2D eigenvalue weighted by Crippen LogP contribution is -2.42. The van der Waals surface area contributed by atoms with Gasteiger partial charge in [-0.3, -0.25) is 24.2 Å². The number of aldehydes is 1. The number of hydrogen-bond donors (Lipinski definition) is 3. The second-order valence-electron chi connectivity index (χ2n) is 5.23. The van der Waals surface area contributed by atoms with E-state index in [2.05, 4.69) is 20.9 Å². The summed E-state index contributed by atoms with van der Waals surface area (Å²) in [5.41, 5.74) is 0.212. The fourth-order valence-electron chi connectivity index (χ4n) is 1.91. The number of nitrogens with one attached hydrogen (secondary N) is 3. The number of aliphatic imine (C=N–C) groups is 1. The zero-order valence-electron chi connectivity index (χ0n) is 14.8. The van der Waals surface area contributed by atoms with Crippen LogP contribution in [-0.4, -0.2) is 61.3 Å². The van der Waals surface area contributed by atoms with Gasteiger partial charge in [0.2, 0.25) is 17.7 Å². The molecule has 0 bridgehead atoms. The van der Waals surface area contributed by atoms with E-state index in [9.17, 15) is 19.2 Å². The van der Waals surface area contributed by atoms with Gasteiger partial charge in [0.25, 0.3) is 0 Å². The first kappa shape index (κ1) is 23.0. The summed E-state index contributed by atoms with van der Waals surface area (Å²) in [6, 6.07) is -0.521. The molecule has 0 aromatic carbocycles. The molecule has 1 atom stereocenters. The smallest absolute Gasteiger partial charge is 0.234 e. The van der Waals surface area contributed by atoms with Gasteiger partial charge in [-0.15, -0.1) is 11.6 Å². The molecule has 0 radical (unpaired) electrons. The number of halogens is 1. The number of carbonyl (C=O) groups excluding carboxylic acids is 4. The molecule has 8 nitrogen and oxygen atoms in total. The van der Waals surface area contributed by atoms with Gasteiger partial charge >= 0.3 is 0 Å². The number of amides is 3. The quantitative estimate of drug-likeness (QED) is 0.184. The van der Waals surface area contributed by atoms with Crippen molar-refractivity contribution in [2.24, 2.45) is 4.99 Å². The molecule has 0 heterocycles. The van der Waals surface area contributed by atoms with Crippen molar-refractivity contribution < 1.29 is 19.2 Å². The first-order valence-corrected chi connectivity index (χ1v) is 8.90. The fourth-order valence-corrected chi connectivity index (χ4v) is 2.00. The fraction of sp³-hybridized carbons (Fsp3) is 0.688. The number of carbonyl (C=O) groups is 4. The van der Waals surface area contributed by atoms with Gasteiger partial charge in [-0.1, -0.05) is 13.8 Å². The highest BCUT2D eigenvalue weighted by molar-refractivity contribution is 6.31. The van der Waals surface area contributed by atoms with Gasteiger partial charge in [0.15, 0.2) is 6.29 Å². The predicted octanol–water partition coefficient (Wildman–Crippen LogP) is 0.183. The third-order valence-electron chi connectivity index (χ3n) is 3.30. The van der Waals surface area contributed by atoms with Crippen LogP contribution in [-0.2, 0) is 19.2 Å². The molecule has 1 unspecified atom stereocenters. The Hall–Kier alpha value is -1.96. The number of rotatable bonds is 13. The Bertz CT molecular complexity index is 483. The van der Waals surface area contributed by atoms with Crippen molar-refractivity contribution in [2.45, 2.75) is 45.6 Å². The lowest BCUT2D eigenvalue weighted by Gasteiger charge is -2.18. The highest BCUT2D eigenvalue weighted by atomic mass is 35.5. The zero-order chi connectivity index (χ0) is 19.1. The topological polar surface area (TPSA) is 117 Å². The van der Waals surface area contributed by atoms with Crippen molar-refractivity contribution in [1.82, 2.24) is 16.0 Å². The highest BCUT2D eigenvalue weighted by Crippen LogP contribution is 2.01. The van der Waals surface area contributed by atoms with E-state index in [1.165, 1.54) is 0 Å². The Morgan fingerprint density at radius 3 is 2.24 bits per heavy atom. The second kappa shape index (κ2) is 14.4. The molecule has 142 valence electrons. The molecule has 0 saturated carbocycles. The monoisotopic (exact) mass is 374 g/mol. The molecule has 0 aliphatic rings. The minimum Gasteiger partial charge on any atom is -0.356 e. The van der Waals surface area contributed by atoms with Crippen LogP contribution in [0.3, 0.4) is 0 Å². The summed E-state index contributed by atoms with van der Waals surface area (Å²) < 4.78 is 0. The minimum atomic E-state index is -0.521. The van der Waals surface area contributed by atoms with Gasteiger partial charge in [0.05, 0.1) is 18.3 Å². The normalized spacial score (nSPS) is 12.2. The second-order valence-corrected chi connectivity index (χ2v) is 5.49.